The van der Waals surface area contributed by atoms with E-state index in [1.54, 1.807) is 11.6 Å². The number of carbonyl (C=O) groups excluding carboxylic acids is 1. The molecule has 144 valence electrons. The third kappa shape index (κ3) is 2.56. The number of aromatic nitrogens is 2. The summed E-state index contributed by atoms with van der Waals surface area (Å²) in [6.45, 7) is 6.68. The van der Waals surface area contributed by atoms with Gasteiger partial charge in [-0.25, -0.2) is 4.68 Å². The molecule has 0 atom stereocenters. The van der Waals surface area contributed by atoms with Gasteiger partial charge in [-0.15, -0.1) is 0 Å². The lowest BCUT2D eigenvalue weighted by Crippen LogP contribution is -2.47. The first-order valence-electron chi connectivity index (χ1n) is 9.38. The van der Waals surface area contributed by atoms with Crippen LogP contribution < -0.4 is 10.5 Å². The van der Waals surface area contributed by atoms with Crippen LogP contribution in [-0.4, -0.2) is 33.7 Å². The summed E-state index contributed by atoms with van der Waals surface area (Å²) in [6.07, 6.45) is 1.24. The zero-order chi connectivity index (χ0) is 20.1. The van der Waals surface area contributed by atoms with Crippen molar-refractivity contribution >= 4 is 5.91 Å². The lowest BCUT2D eigenvalue weighted by molar-refractivity contribution is -0.130. The van der Waals surface area contributed by atoms with E-state index in [9.17, 15) is 10.1 Å². The molecule has 1 aromatic carbocycles. The second-order valence-corrected chi connectivity index (χ2v) is 7.55. The van der Waals surface area contributed by atoms with E-state index in [1.807, 2.05) is 43.0 Å². The fourth-order valence-corrected chi connectivity index (χ4v) is 4.39. The van der Waals surface area contributed by atoms with E-state index in [1.165, 1.54) is 0 Å². The quantitative estimate of drug-likeness (QED) is 0.823. The van der Waals surface area contributed by atoms with Crippen molar-refractivity contribution in [3.05, 3.63) is 52.5 Å². The van der Waals surface area contributed by atoms with E-state index in [-0.39, 0.29) is 11.8 Å². The van der Waals surface area contributed by atoms with Crippen LogP contribution in [0.1, 0.15) is 36.6 Å². The summed E-state index contributed by atoms with van der Waals surface area (Å²) < 4.78 is 7.68. The van der Waals surface area contributed by atoms with Gasteiger partial charge < -0.3 is 15.4 Å². The Morgan fingerprint density at radius 2 is 1.89 bits per heavy atom. The van der Waals surface area contributed by atoms with Gasteiger partial charge in [-0.1, -0.05) is 17.7 Å². The number of hydrogen-bond acceptors (Lipinski definition) is 5. The topological polar surface area (TPSA) is 97.2 Å². The Labute approximate surface area is 164 Å². The molecule has 1 saturated heterocycles. The standard InChI is InChI=1S/C21H23N5O2/c1-13-4-6-16(7-5-13)26-20-18(14(2)24-26)21(17(12-22)19(23)28-20)8-10-25(11-9-21)15(3)27/h4-7H,8-11,23H2,1-3H3. The molecule has 7 heteroatoms. The molecule has 0 saturated carbocycles. The second kappa shape index (κ2) is 6.41. The predicted molar refractivity (Wildman–Crippen MR) is 104 cm³/mol. The molecular weight excluding hydrogens is 354 g/mol. The largest absolute Gasteiger partial charge is 0.422 e. The van der Waals surface area contributed by atoms with Crippen molar-refractivity contribution < 1.29 is 9.53 Å². The molecule has 28 heavy (non-hydrogen) atoms. The molecule has 0 radical (unpaired) electrons. The van der Waals surface area contributed by atoms with Gasteiger partial charge in [0.15, 0.2) is 0 Å². The maximum atomic E-state index is 11.8. The highest BCUT2D eigenvalue weighted by Gasteiger charge is 2.49. The van der Waals surface area contributed by atoms with E-state index in [4.69, 9.17) is 15.6 Å². The van der Waals surface area contributed by atoms with Crippen molar-refractivity contribution in [3.63, 3.8) is 0 Å². The Balaban J connectivity index is 1.87. The average molecular weight is 377 g/mol. The maximum Gasteiger partial charge on any atom is 0.228 e. The molecule has 0 bridgehead atoms. The number of fused-ring (bicyclic) bond motifs is 2. The fraction of sp³-hybridized carbons (Fsp3) is 0.381. The van der Waals surface area contributed by atoms with E-state index in [0.29, 0.717) is 37.4 Å². The Bertz CT molecular complexity index is 1020. The van der Waals surface area contributed by atoms with Gasteiger partial charge in [0.2, 0.25) is 17.7 Å². The smallest absolute Gasteiger partial charge is 0.228 e. The number of hydrogen-bond donors (Lipinski definition) is 1. The first-order chi connectivity index (χ1) is 13.4. The molecule has 7 nitrogen and oxygen atoms in total. The van der Waals surface area contributed by atoms with Gasteiger partial charge in [-0.3, -0.25) is 4.79 Å². The van der Waals surface area contributed by atoms with Crippen LogP contribution in [0, 0.1) is 25.2 Å². The van der Waals surface area contributed by atoms with Crippen LogP contribution in [0.5, 0.6) is 5.88 Å². The molecule has 2 aliphatic heterocycles. The lowest BCUT2D eigenvalue weighted by atomic mass is 9.67. The summed E-state index contributed by atoms with van der Waals surface area (Å²) in [5.74, 6) is 0.735. The molecular formula is C21H23N5O2. The van der Waals surface area contributed by atoms with Crippen LogP contribution in [0.3, 0.4) is 0 Å². The number of ether oxygens (including phenoxy) is 1. The van der Waals surface area contributed by atoms with Crippen molar-refractivity contribution in [3.8, 4) is 17.6 Å². The summed E-state index contributed by atoms with van der Waals surface area (Å²) in [7, 11) is 0. The Morgan fingerprint density at radius 1 is 1.25 bits per heavy atom. The highest BCUT2D eigenvalue weighted by molar-refractivity contribution is 5.73. The summed E-state index contributed by atoms with van der Waals surface area (Å²) >= 11 is 0. The number of aryl methyl sites for hydroxylation is 2. The van der Waals surface area contributed by atoms with E-state index in [0.717, 1.165) is 22.5 Å². The van der Waals surface area contributed by atoms with Gasteiger partial charge >= 0.3 is 0 Å². The number of nitrogens with two attached hydrogens (primary N) is 1. The Kier molecular flexibility index (Phi) is 4.15. The van der Waals surface area contributed by atoms with Crippen LogP contribution in [-0.2, 0) is 10.2 Å². The van der Waals surface area contributed by atoms with Gasteiger partial charge in [-0.2, -0.15) is 10.4 Å². The number of carbonyl (C=O) groups is 1. The minimum atomic E-state index is -0.578. The van der Waals surface area contributed by atoms with Crippen molar-refractivity contribution in [2.24, 2.45) is 5.73 Å². The third-order valence-electron chi connectivity index (χ3n) is 5.88. The predicted octanol–water partition coefficient (Wildman–Crippen LogP) is 2.46. The fourth-order valence-electron chi connectivity index (χ4n) is 4.39. The maximum absolute atomic E-state index is 11.8. The number of amides is 1. The number of rotatable bonds is 1. The van der Waals surface area contributed by atoms with Crippen molar-refractivity contribution in [2.75, 3.05) is 13.1 Å². The SMILES string of the molecule is CC(=O)N1CCC2(CC1)C(C#N)=C(N)Oc1c2c(C)nn1-c1ccc(C)cc1. The molecule has 1 aromatic heterocycles. The van der Waals surface area contributed by atoms with Gasteiger partial charge in [-0.05, 0) is 38.8 Å². The van der Waals surface area contributed by atoms with E-state index >= 15 is 0 Å². The lowest BCUT2D eigenvalue weighted by Gasteiger charge is -2.43. The zero-order valence-corrected chi connectivity index (χ0v) is 16.3. The summed E-state index contributed by atoms with van der Waals surface area (Å²) in [6, 6.07) is 10.3. The number of allylic oxidation sites excluding steroid dienone is 1. The minimum Gasteiger partial charge on any atom is -0.422 e. The number of benzene rings is 1. The number of likely N-dealkylation sites (tertiary alicyclic amines) is 1. The molecule has 2 aliphatic rings. The molecule has 4 rings (SSSR count). The third-order valence-corrected chi connectivity index (χ3v) is 5.88. The molecule has 2 N–H and O–H groups in total. The van der Waals surface area contributed by atoms with Crippen molar-refractivity contribution in [1.29, 1.82) is 5.26 Å². The molecule has 2 aromatic rings. The van der Waals surface area contributed by atoms with Crippen LogP contribution in [0.15, 0.2) is 35.7 Å². The first-order valence-corrected chi connectivity index (χ1v) is 9.38. The van der Waals surface area contributed by atoms with Crippen molar-refractivity contribution in [2.45, 2.75) is 39.0 Å². The summed E-state index contributed by atoms with van der Waals surface area (Å²) in [4.78, 5) is 13.6. The molecule has 0 aliphatic carbocycles. The van der Waals surface area contributed by atoms with Crippen LogP contribution in [0.2, 0.25) is 0 Å². The zero-order valence-electron chi connectivity index (χ0n) is 16.3. The van der Waals surface area contributed by atoms with Crippen LogP contribution >= 0.6 is 0 Å². The van der Waals surface area contributed by atoms with Crippen molar-refractivity contribution in [1.82, 2.24) is 14.7 Å². The molecule has 0 unspecified atom stereocenters. The molecule has 1 spiro atoms. The Hall–Kier alpha value is -3.27. The highest BCUT2D eigenvalue weighted by atomic mass is 16.5. The van der Waals surface area contributed by atoms with Crippen LogP contribution in [0.4, 0.5) is 0 Å². The van der Waals surface area contributed by atoms with Gasteiger partial charge in [0.05, 0.1) is 11.4 Å². The summed E-state index contributed by atoms with van der Waals surface area (Å²) in [5, 5.41) is 14.6. The summed E-state index contributed by atoms with van der Waals surface area (Å²) in [5.41, 5.74) is 9.81. The van der Waals surface area contributed by atoms with E-state index < -0.39 is 5.41 Å². The molecule has 1 amide bonds. The number of nitrogens with zero attached hydrogens (tertiary/aromatic N) is 4. The van der Waals surface area contributed by atoms with Crippen LogP contribution in [0.25, 0.3) is 5.69 Å². The van der Waals surface area contributed by atoms with E-state index in [2.05, 4.69) is 6.07 Å². The normalized spacial score (nSPS) is 17.9. The van der Waals surface area contributed by atoms with Gasteiger partial charge in [0, 0.05) is 31.0 Å². The minimum absolute atomic E-state index is 0.0460. The highest BCUT2D eigenvalue weighted by Crippen LogP contribution is 2.51. The van der Waals surface area contributed by atoms with Gasteiger partial charge in [0.25, 0.3) is 0 Å². The van der Waals surface area contributed by atoms with Gasteiger partial charge in [0.1, 0.15) is 11.6 Å². The molecule has 1 fully saturated rings. The first kappa shape index (κ1) is 18.1. The second-order valence-electron chi connectivity index (χ2n) is 7.55. The number of nitriles is 1. The Morgan fingerprint density at radius 3 is 2.46 bits per heavy atom. The number of piperidine rings is 1. The molecule has 3 heterocycles. The average Bonchev–Trinajstić information content (AvgIpc) is 3.00. The monoisotopic (exact) mass is 377 g/mol.